The van der Waals surface area contributed by atoms with Gasteiger partial charge in [-0.25, -0.2) is 4.79 Å². The number of nitrogens with one attached hydrogen (secondary N) is 1. The molecule has 1 heterocycles. The second-order valence-electron chi connectivity index (χ2n) is 5.03. The Morgan fingerprint density at radius 3 is 2.67 bits per heavy atom. The molecule has 2 rings (SSSR count). The summed E-state index contributed by atoms with van der Waals surface area (Å²) in [6.07, 6.45) is 0. The van der Waals surface area contributed by atoms with E-state index in [-0.39, 0.29) is 23.9 Å². The fourth-order valence-corrected chi connectivity index (χ4v) is 2.20. The Hall–Kier alpha value is -1.55. The van der Waals surface area contributed by atoms with Crippen molar-refractivity contribution in [2.75, 3.05) is 13.1 Å². The lowest BCUT2D eigenvalue weighted by Gasteiger charge is -2.29. The molecule has 1 fully saturated rings. The van der Waals surface area contributed by atoms with Gasteiger partial charge in [-0.3, -0.25) is 9.69 Å². The molecule has 0 aliphatic carbocycles. The van der Waals surface area contributed by atoms with Crippen LogP contribution in [0.5, 0.6) is 0 Å². The minimum Gasteiger partial charge on any atom is -0.329 e. The third kappa shape index (κ3) is 2.48. The molecular formula is C13H15ClN2O2. The molecule has 0 radical (unpaired) electrons. The summed E-state index contributed by atoms with van der Waals surface area (Å²) < 4.78 is 0. The molecule has 1 aliphatic heterocycles. The third-order valence-electron chi connectivity index (χ3n) is 3.10. The van der Waals surface area contributed by atoms with E-state index < -0.39 is 0 Å². The first kappa shape index (κ1) is 12.9. The molecule has 0 unspecified atom stereocenters. The highest BCUT2D eigenvalue weighted by atomic mass is 35.5. The van der Waals surface area contributed by atoms with Gasteiger partial charge in [0.05, 0.1) is 6.54 Å². The highest BCUT2D eigenvalue weighted by Crippen LogP contribution is 2.27. The predicted molar refractivity (Wildman–Crippen MR) is 69.6 cm³/mol. The summed E-state index contributed by atoms with van der Waals surface area (Å²) >= 11 is 5.97. The summed E-state index contributed by atoms with van der Waals surface area (Å²) in [5, 5.41) is 3.17. The molecule has 5 heteroatoms. The summed E-state index contributed by atoms with van der Waals surface area (Å²) in [5.74, 6) is -0.185. The average molecular weight is 267 g/mol. The van der Waals surface area contributed by atoms with Gasteiger partial charge in [-0.05, 0) is 17.7 Å². The summed E-state index contributed by atoms with van der Waals surface area (Å²) in [5.41, 5.74) is 0.671. The number of hydrogen-bond donors (Lipinski definition) is 1. The fourth-order valence-electron chi connectivity index (χ4n) is 2.01. The largest absolute Gasteiger partial charge is 0.329 e. The van der Waals surface area contributed by atoms with Crippen molar-refractivity contribution in [1.82, 2.24) is 10.2 Å². The summed E-state index contributed by atoms with van der Waals surface area (Å²) in [4.78, 5) is 24.4. The molecule has 0 bridgehead atoms. The van der Waals surface area contributed by atoms with Crippen LogP contribution in [0.1, 0.15) is 19.4 Å². The Labute approximate surface area is 111 Å². The number of imide groups is 1. The third-order valence-corrected chi connectivity index (χ3v) is 3.33. The van der Waals surface area contributed by atoms with Gasteiger partial charge in [0.1, 0.15) is 0 Å². The van der Waals surface area contributed by atoms with Gasteiger partial charge in [-0.1, -0.05) is 37.6 Å². The van der Waals surface area contributed by atoms with Gasteiger partial charge in [0, 0.05) is 17.0 Å². The van der Waals surface area contributed by atoms with E-state index >= 15 is 0 Å². The Bertz CT molecular complexity index is 484. The van der Waals surface area contributed by atoms with Crippen LogP contribution >= 0.6 is 11.6 Å². The van der Waals surface area contributed by atoms with Crippen molar-refractivity contribution < 1.29 is 9.59 Å². The van der Waals surface area contributed by atoms with Crippen molar-refractivity contribution in [3.05, 3.63) is 34.9 Å². The topological polar surface area (TPSA) is 49.4 Å². The van der Waals surface area contributed by atoms with Gasteiger partial charge < -0.3 is 5.32 Å². The van der Waals surface area contributed by atoms with E-state index in [1.165, 1.54) is 4.90 Å². The van der Waals surface area contributed by atoms with Gasteiger partial charge in [-0.2, -0.15) is 0 Å². The minimum absolute atomic E-state index is 0.0878. The van der Waals surface area contributed by atoms with Crippen LogP contribution < -0.4 is 5.32 Å². The summed E-state index contributed by atoms with van der Waals surface area (Å²) in [6.45, 7) is 4.40. The van der Waals surface area contributed by atoms with Crippen molar-refractivity contribution in [2.45, 2.75) is 19.3 Å². The van der Waals surface area contributed by atoms with Gasteiger partial charge in [-0.15, -0.1) is 0 Å². The average Bonchev–Trinajstić information content (AvgIpc) is 2.60. The molecule has 1 N–H and O–H groups in total. The van der Waals surface area contributed by atoms with E-state index in [1.807, 2.05) is 32.0 Å². The molecule has 1 aromatic rings. The predicted octanol–water partition coefficient (Wildman–Crippen LogP) is 2.17. The second-order valence-corrected chi connectivity index (χ2v) is 5.47. The van der Waals surface area contributed by atoms with Crippen LogP contribution in [0.15, 0.2) is 24.3 Å². The molecule has 4 nitrogen and oxygen atoms in total. The number of carbonyl (C=O) groups excluding carboxylic acids is 2. The zero-order valence-electron chi connectivity index (χ0n) is 10.4. The molecule has 0 atom stereocenters. The maximum Gasteiger partial charge on any atom is 0.324 e. The Morgan fingerprint density at radius 1 is 1.39 bits per heavy atom. The Kier molecular flexibility index (Phi) is 3.30. The van der Waals surface area contributed by atoms with E-state index in [0.717, 1.165) is 5.56 Å². The lowest BCUT2D eigenvalue weighted by atomic mass is 9.84. The quantitative estimate of drug-likeness (QED) is 0.853. The highest BCUT2D eigenvalue weighted by molar-refractivity contribution is 6.30. The first-order valence-corrected chi connectivity index (χ1v) is 6.12. The lowest BCUT2D eigenvalue weighted by molar-refractivity contribution is -0.125. The number of benzene rings is 1. The normalized spacial score (nSPS) is 16.1. The number of hydrogen-bond acceptors (Lipinski definition) is 2. The van der Waals surface area contributed by atoms with Crippen molar-refractivity contribution in [1.29, 1.82) is 0 Å². The van der Waals surface area contributed by atoms with Gasteiger partial charge >= 0.3 is 6.03 Å². The van der Waals surface area contributed by atoms with Gasteiger partial charge in [0.15, 0.2) is 0 Å². The standard InChI is InChI=1S/C13H15ClN2O2/c1-13(2,9-4-3-5-10(14)6-9)8-16-11(17)7-15-12(16)18/h3-6H,7-8H2,1-2H3,(H,15,18). The molecule has 0 spiro atoms. The maximum absolute atomic E-state index is 11.6. The highest BCUT2D eigenvalue weighted by Gasteiger charge is 2.34. The first-order chi connectivity index (χ1) is 8.40. The fraction of sp³-hybridized carbons (Fsp3) is 0.385. The van der Waals surface area contributed by atoms with E-state index in [2.05, 4.69) is 5.32 Å². The molecule has 18 heavy (non-hydrogen) atoms. The molecule has 96 valence electrons. The lowest BCUT2D eigenvalue weighted by Crippen LogP contribution is -2.41. The number of carbonyl (C=O) groups is 2. The van der Waals surface area contributed by atoms with Crippen LogP contribution in [0.2, 0.25) is 5.02 Å². The molecule has 1 saturated heterocycles. The van der Waals surface area contributed by atoms with Crippen molar-refractivity contribution >= 4 is 23.5 Å². The van der Waals surface area contributed by atoms with Crippen LogP contribution in [0, 0.1) is 0 Å². The molecular weight excluding hydrogens is 252 g/mol. The zero-order chi connectivity index (χ0) is 13.3. The summed E-state index contributed by atoms with van der Waals surface area (Å²) in [6, 6.07) is 7.15. The monoisotopic (exact) mass is 266 g/mol. The number of urea groups is 1. The van der Waals surface area contributed by atoms with Gasteiger partial charge in [0.25, 0.3) is 0 Å². The van der Waals surface area contributed by atoms with Crippen LogP contribution in [-0.4, -0.2) is 29.9 Å². The van der Waals surface area contributed by atoms with Gasteiger partial charge in [0.2, 0.25) is 5.91 Å². The molecule has 0 aromatic heterocycles. The number of nitrogens with zero attached hydrogens (tertiary/aromatic N) is 1. The van der Waals surface area contributed by atoms with Crippen LogP contribution in [0.4, 0.5) is 4.79 Å². The van der Waals surface area contributed by atoms with E-state index in [0.29, 0.717) is 11.6 Å². The number of amides is 3. The molecule has 1 aliphatic rings. The van der Waals surface area contributed by atoms with Crippen LogP contribution in [-0.2, 0) is 10.2 Å². The Morgan fingerprint density at radius 2 is 2.11 bits per heavy atom. The maximum atomic E-state index is 11.6. The SMILES string of the molecule is CC(C)(CN1C(=O)CNC1=O)c1cccc(Cl)c1. The van der Waals surface area contributed by atoms with Crippen molar-refractivity contribution in [2.24, 2.45) is 0 Å². The second kappa shape index (κ2) is 4.61. The van der Waals surface area contributed by atoms with Crippen LogP contribution in [0.25, 0.3) is 0 Å². The Balaban J connectivity index is 2.21. The van der Waals surface area contributed by atoms with E-state index in [9.17, 15) is 9.59 Å². The minimum atomic E-state index is -0.331. The summed E-state index contributed by atoms with van der Waals surface area (Å²) in [7, 11) is 0. The van der Waals surface area contributed by atoms with E-state index in [4.69, 9.17) is 11.6 Å². The molecule has 1 aromatic carbocycles. The van der Waals surface area contributed by atoms with Crippen LogP contribution in [0.3, 0.4) is 0 Å². The molecule has 0 saturated carbocycles. The van der Waals surface area contributed by atoms with Crippen molar-refractivity contribution in [3.8, 4) is 0 Å². The first-order valence-electron chi connectivity index (χ1n) is 5.74. The zero-order valence-corrected chi connectivity index (χ0v) is 11.1. The van der Waals surface area contributed by atoms with Crippen molar-refractivity contribution in [3.63, 3.8) is 0 Å². The number of halogens is 1. The molecule has 3 amide bonds. The van der Waals surface area contributed by atoms with E-state index in [1.54, 1.807) is 6.07 Å². The number of rotatable bonds is 3. The smallest absolute Gasteiger partial charge is 0.324 e.